The summed E-state index contributed by atoms with van der Waals surface area (Å²) in [6, 6.07) is 0.493. The minimum absolute atomic E-state index is 0. The maximum Gasteiger partial charge on any atom is 0.191 e. The summed E-state index contributed by atoms with van der Waals surface area (Å²) < 4.78 is 5.36. The van der Waals surface area contributed by atoms with Crippen molar-refractivity contribution in [1.29, 1.82) is 0 Å². The van der Waals surface area contributed by atoms with Gasteiger partial charge in [0.05, 0.1) is 6.54 Å². The quantitative estimate of drug-likeness (QED) is 0.227. The van der Waals surface area contributed by atoms with Crippen molar-refractivity contribution in [1.82, 2.24) is 20.4 Å². The molecule has 0 saturated carbocycles. The highest BCUT2D eigenvalue weighted by molar-refractivity contribution is 14.0. The van der Waals surface area contributed by atoms with Gasteiger partial charge in [0, 0.05) is 58.5 Å². The van der Waals surface area contributed by atoms with Crippen molar-refractivity contribution in [3.63, 3.8) is 0 Å². The highest BCUT2D eigenvalue weighted by atomic mass is 127. The third-order valence-corrected chi connectivity index (χ3v) is 4.30. The summed E-state index contributed by atoms with van der Waals surface area (Å²) in [5.41, 5.74) is 0. The summed E-state index contributed by atoms with van der Waals surface area (Å²) in [5, 5.41) is 6.71. The molecule has 0 aromatic rings. The van der Waals surface area contributed by atoms with E-state index in [0.29, 0.717) is 6.04 Å². The molecule has 1 saturated heterocycles. The van der Waals surface area contributed by atoms with E-state index in [4.69, 9.17) is 9.73 Å². The second-order valence-corrected chi connectivity index (χ2v) is 6.02. The van der Waals surface area contributed by atoms with Crippen LogP contribution in [0.1, 0.15) is 34.1 Å². The standard InChI is InChI=1S/C17H37N5O.HI/c1-5-18-17(19-9-8-14-23-7-3)20-15-16(4)22-12-10-21(6-2)11-13-22;/h16H,5-15H2,1-4H3,(H2,18,19,20);1H. The van der Waals surface area contributed by atoms with Gasteiger partial charge in [-0.15, -0.1) is 24.0 Å². The molecule has 0 aromatic carbocycles. The van der Waals surface area contributed by atoms with Crippen LogP contribution in [0.3, 0.4) is 0 Å². The molecule has 1 rings (SSSR count). The van der Waals surface area contributed by atoms with Crippen molar-refractivity contribution in [2.45, 2.75) is 40.2 Å². The lowest BCUT2D eigenvalue weighted by molar-refractivity contribution is 0.109. The topological polar surface area (TPSA) is 52.1 Å². The number of halogens is 1. The van der Waals surface area contributed by atoms with E-state index in [-0.39, 0.29) is 24.0 Å². The smallest absolute Gasteiger partial charge is 0.191 e. The third-order valence-electron chi connectivity index (χ3n) is 4.30. The molecule has 0 bridgehead atoms. The predicted octanol–water partition coefficient (Wildman–Crippen LogP) is 1.61. The zero-order valence-electron chi connectivity index (χ0n) is 16.0. The van der Waals surface area contributed by atoms with Gasteiger partial charge in [-0.3, -0.25) is 9.89 Å². The molecule has 0 radical (unpaired) electrons. The van der Waals surface area contributed by atoms with Gasteiger partial charge in [-0.25, -0.2) is 0 Å². The van der Waals surface area contributed by atoms with Crippen LogP contribution in [-0.4, -0.2) is 87.4 Å². The Kier molecular flexibility index (Phi) is 15.1. The maximum atomic E-state index is 5.36. The maximum absolute atomic E-state index is 5.36. The van der Waals surface area contributed by atoms with E-state index in [1.165, 1.54) is 13.1 Å². The fraction of sp³-hybridized carbons (Fsp3) is 0.941. The van der Waals surface area contributed by atoms with E-state index in [9.17, 15) is 0 Å². The van der Waals surface area contributed by atoms with E-state index in [1.807, 2.05) is 6.92 Å². The number of hydrogen-bond acceptors (Lipinski definition) is 4. The first-order valence-electron chi connectivity index (χ1n) is 9.27. The van der Waals surface area contributed by atoms with E-state index >= 15 is 0 Å². The van der Waals surface area contributed by atoms with Crippen molar-refractivity contribution >= 4 is 29.9 Å². The highest BCUT2D eigenvalue weighted by Gasteiger charge is 2.19. The van der Waals surface area contributed by atoms with Crippen LogP contribution in [0.5, 0.6) is 0 Å². The summed E-state index contributed by atoms with van der Waals surface area (Å²) in [6.07, 6.45) is 1.01. The molecule has 0 spiro atoms. The lowest BCUT2D eigenvalue weighted by atomic mass is 10.2. The van der Waals surface area contributed by atoms with Gasteiger partial charge >= 0.3 is 0 Å². The van der Waals surface area contributed by atoms with Gasteiger partial charge in [-0.05, 0) is 33.7 Å². The Morgan fingerprint density at radius 3 is 2.42 bits per heavy atom. The minimum Gasteiger partial charge on any atom is -0.382 e. The zero-order chi connectivity index (χ0) is 16.9. The molecular weight excluding hydrogens is 417 g/mol. The molecule has 1 heterocycles. The van der Waals surface area contributed by atoms with Crippen LogP contribution in [-0.2, 0) is 4.74 Å². The second kappa shape index (κ2) is 15.2. The van der Waals surface area contributed by atoms with Crippen LogP contribution < -0.4 is 10.6 Å². The van der Waals surface area contributed by atoms with E-state index < -0.39 is 0 Å². The third kappa shape index (κ3) is 10.0. The van der Waals surface area contributed by atoms with Gasteiger partial charge in [0.15, 0.2) is 5.96 Å². The molecule has 1 unspecified atom stereocenters. The number of rotatable bonds is 10. The fourth-order valence-electron chi connectivity index (χ4n) is 2.73. The molecule has 1 fully saturated rings. The Bertz CT molecular complexity index is 322. The number of piperazine rings is 1. The number of ether oxygens (including phenoxy) is 1. The van der Waals surface area contributed by atoms with Crippen molar-refractivity contribution < 1.29 is 4.74 Å². The molecule has 2 N–H and O–H groups in total. The molecule has 0 aliphatic carbocycles. The van der Waals surface area contributed by atoms with Crippen LogP contribution in [0.25, 0.3) is 0 Å². The molecule has 144 valence electrons. The average Bonchev–Trinajstić information content (AvgIpc) is 2.59. The molecule has 0 aromatic heterocycles. The normalized spacial score (nSPS) is 18.1. The Balaban J connectivity index is 0.00000529. The number of nitrogens with one attached hydrogen (secondary N) is 2. The molecule has 24 heavy (non-hydrogen) atoms. The Morgan fingerprint density at radius 2 is 1.83 bits per heavy atom. The Hall–Kier alpha value is -0.120. The average molecular weight is 455 g/mol. The summed E-state index contributed by atoms with van der Waals surface area (Å²) in [6.45, 7) is 18.7. The molecule has 1 atom stereocenters. The van der Waals surface area contributed by atoms with Crippen molar-refractivity contribution in [3.05, 3.63) is 0 Å². The van der Waals surface area contributed by atoms with Gasteiger partial charge in [-0.1, -0.05) is 6.92 Å². The minimum atomic E-state index is 0. The van der Waals surface area contributed by atoms with Crippen LogP contribution in [0.4, 0.5) is 0 Å². The first kappa shape index (κ1) is 23.9. The molecular formula is C17H38IN5O. The highest BCUT2D eigenvalue weighted by Crippen LogP contribution is 2.06. The first-order valence-corrected chi connectivity index (χ1v) is 9.27. The number of likely N-dealkylation sites (N-methyl/N-ethyl adjacent to an activating group) is 1. The van der Waals surface area contributed by atoms with E-state index in [2.05, 4.69) is 41.2 Å². The largest absolute Gasteiger partial charge is 0.382 e. The number of nitrogens with zero attached hydrogens (tertiary/aromatic N) is 3. The Morgan fingerprint density at radius 1 is 1.12 bits per heavy atom. The Labute approximate surface area is 165 Å². The van der Waals surface area contributed by atoms with E-state index in [0.717, 1.165) is 64.9 Å². The van der Waals surface area contributed by atoms with Crippen LogP contribution in [0.2, 0.25) is 0 Å². The molecule has 1 aliphatic rings. The van der Waals surface area contributed by atoms with Crippen molar-refractivity contribution in [3.8, 4) is 0 Å². The summed E-state index contributed by atoms with van der Waals surface area (Å²) in [4.78, 5) is 9.80. The zero-order valence-corrected chi connectivity index (χ0v) is 18.3. The summed E-state index contributed by atoms with van der Waals surface area (Å²) in [5.74, 6) is 0.919. The van der Waals surface area contributed by atoms with Gasteiger partial charge in [-0.2, -0.15) is 0 Å². The summed E-state index contributed by atoms with van der Waals surface area (Å²) >= 11 is 0. The van der Waals surface area contributed by atoms with Gasteiger partial charge in [0.2, 0.25) is 0 Å². The van der Waals surface area contributed by atoms with Crippen LogP contribution in [0.15, 0.2) is 4.99 Å². The SMILES string of the molecule is CCNC(=NCC(C)N1CCN(CC)CC1)NCCCOCC.I. The predicted molar refractivity (Wildman–Crippen MR) is 114 cm³/mol. The molecule has 7 heteroatoms. The molecule has 6 nitrogen and oxygen atoms in total. The van der Waals surface area contributed by atoms with Gasteiger partial charge in [0.25, 0.3) is 0 Å². The van der Waals surface area contributed by atoms with E-state index in [1.54, 1.807) is 0 Å². The molecule has 0 amide bonds. The first-order chi connectivity index (χ1) is 11.2. The lowest BCUT2D eigenvalue weighted by Crippen LogP contribution is -2.50. The summed E-state index contributed by atoms with van der Waals surface area (Å²) in [7, 11) is 0. The number of aliphatic imine (C=N–C) groups is 1. The van der Waals surface area contributed by atoms with Gasteiger partial charge < -0.3 is 20.3 Å². The van der Waals surface area contributed by atoms with Crippen molar-refractivity contribution in [2.75, 3.05) is 65.6 Å². The monoisotopic (exact) mass is 455 g/mol. The van der Waals surface area contributed by atoms with Crippen molar-refractivity contribution in [2.24, 2.45) is 4.99 Å². The fourth-order valence-corrected chi connectivity index (χ4v) is 2.73. The van der Waals surface area contributed by atoms with Crippen LogP contribution in [0, 0.1) is 0 Å². The van der Waals surface area contributed by atoms with Crippen LogP contribution >= 0.6 is 24.0 Å². The number of hydrogen-bond donors (Lipinski definition) is 2. The lowest BCUT2D eigenvalue weighted by Gasteiger charge is -2.37. The van der Waals surface area contributed by atoms with Gasteiger partial charge in [0.1, 0.15) is 0 Å². The molecule has 1 aliphatic heterocycles. The second-order valence-electron chi connectivity index (χ2n) is 6.02. The number of guanidine groups is 1.